The maximum atomic E-state index is 13.1. The van der Waals surface area contributed by atoms with E-state index in [9.17, 15) is 10.1 Å². The van der Waals surface area contributed by atoms with Gasteiger partial charge in [0.1, 0.15) is 11.6 Å². The van der Waals surface area contributed by atoms with Crippen LogP contribution in [0, 0.1) is 22.7 Å². The number of carbonyl (C=O) groups is 1. The maximum absolute atomic E-state index is 13.1. The van der Waals surface area contributed by atoms with E-state index in [-0.39, 0.29) is 5.57 Å². The molecule has 2 heterocycles. The maximum Gasteiger partial charge on any atom is 0.266 e. The average molecular weight is 460 g/mol. The van der Waals surface area contributed by atoms with E-state index in [0.717, 1.165) is 22.2 Å². The third kappa shape index (κ3) is 5.01. The van der Waals surface area contributed by atoms with Crippen LogP contribution in [0.3, 0.4) is 0 Å². The van der Waals surface area contributed by atoms with Crippen LogP contribution in [0.2, 0.25) is 5.02 Å². The third-order valence-corrected chi connectivity index (χ3v) is 5.74. The van der Waals surface area contributed by atoms with Crippen LogP contribution in [0.25, 0.3) is 17.0 Å². The Labute approximate surface area is 197 Å². The molecule has 0 unspecified atom stereocenters. The molecule has 1 aromatic heterocycles. The molecule has 0 atom stereocenters. The Morgan fingerprint density at radius 3 is 2.73 bits per heavy atom. The van der Waals surface area contributed by atoms with Crippen molar-refractivity contribution in [2.45, 2.75) is 13.0 Å². The molecule has 8 heteroatoms. The second-order valence-corrected chi connectivity index (χ2v) is 8.02. The number of nitrogens with zero attached hydrogens (tertiary/aromatic N) is 4. The second kappa shape index (κ2) is 10.2. The molecule has 3 aromatic rings. The van der Waals surface area contributed by atoms with E-state index in [1.54, 1.807) is 18.2 Å². The second-order valence-electron chi connectivity index (χ2n) is 7.59. The summed E-state index contributed by atoms with van der Waals surface area (Å²) in [6.07, 6.45) is 3.82. The number of aryl methyl sites for hydroxylation is 1. The van der Waals surface area contributed by atoms with Crippen molar-refractivity contribution in [1.29, 1.82) is 10.5 Å². The number of fused-ring (bicyclic) bond motifs is 1. The number of carbonyl (C=O) groups excluding carboxylic acids is 1. The summed E-state index contributed by atoms with van der Waals surface area (Å²) < 4.78 is 7.39. The van der Waals surface area contributed by atoms with Crippen LogP contribution in [0.4, 0.5) is 11.4 Å². The molecule has 7 nitrogen and oxygen atoms in total. The lowest BCUT2D eigenvalue weighted by molar-refractivity contribution is -0.112. The summed E-state index contributed by atoms with van der Waals surface area (Å²) in [6.45, 7) is 3.15. The van der Waals surface area contributed by atoms with Crippen LogP contribution in [0.5, 0.6) is 0 Å². The molecule has 0 spiro atoms. The topological polar surface area (TPSA) is 94.1 Å². The Balaban J connectivity index is 1.65. The fourth-order valence-corrected chi connectivity index (χ4v) is 4.10. The molecule has 1 N–H and O–H groups in total. The van der Waals surface area contributed by atoms with E-state index in [2.05, 4.69) is 16.3 Å². The van der Waals surface area contributed by atoms with Crippen molar-refractivity contribution >= 4 is 45.9 Å². The molecule has 1 aliphatic heterocycles. The number of benzene rings is 2. The highest BCUT2D eigenvalue weighted by molar-refractivity contribution is 6.31. The molecule has 1 fully saturated rings. The van der Waals surface area contributed by atoms with Gasteiger partial charge in [0.25, 0.3) is 5.91 Å². The fourth-order valence-electron chi connectivity index (χ4n) is 3.93. The summed E-state index contributed by atoms with van der Waals surface area (Å²) in [5.74, 6) is -0.511. The summed E-state index contributed by atoms with van der Waals surface area (Å²) in [5.41, 5.74) is 3.05. The standard InChI is InChI=1S/C25H22ClN5O2/c26-20-6-7-24(30-10-12-33-13-11-30)22(15-20)29-25(32)18(16-28)14-19-17-31(9-3-8-27)23-5-2-1-4-21(19)23/h1-2,4-7,14-15,17H,3,9-13H2,(H,29,32)/b18-14+. The Hall–Kier alpha value is -3.78. The van der Waals surface area contributed by atoms with Crippen molar-refractivity contribution in [3.8, 4) is 12.1 Å². The number of anilines is 2. The normalized spacial score (nSPS) is 14.0. The first kappa shape index (κ1) is 22.4. The van der Waals surface area contributed by atoms with Crippen molar-refractivity contribution < 1.29 is 9.53 Å². The van der Waals surface area contributed by atoms with Gasteiger partial charge in [-0.05, 0) is 30.3 Å². The van der Waals surface area contributed by atoms with Gasteiger partial charge in [0.15, 0.2) is 0 Å². The molecule has 0 aliphatic carbocycles. The van der Waals surface area contributed by atoms with E-state index >= 15 is 0 Å². The number of aromatic nitrogens is 1. The van der Waals surface area contributed by atoms with E-state index in [0.29, 0.717) is 50.0 Å². The fraction of sp³-hybridized carbons (Fsp3) is 0.240. The smallest absolute Gasteiger partial charge is 0.266 e. The zero-order valence-corrected chi connectivity index (χ0v) is 18.7. The highest BCUT2D eigenvalue weighted by Gasteiger charge is 2.19. The number of halogens is 1. The summed E-state index contributed by atoms with van der Waals surface area (Å²) in [5, 5.41) is 23.0. The van der Waals surface area contributed by atoms with Crippen LogP contribution >= 0.6 is 11.6 Å². The largest absolute Gasteiger partial charge is 0.378 e. The molecule has 33 heavy (non-hydrogen) atoms. The number of hydrogen-bond acceptors (Lipinski definition) is 5. The number of rotatable bonds is 6. The summed E-state index contributed by atoms with van der Waals surface area (Å²) >= 11 is 6.19. The lowest BCUT2D eigenvalue weighted by Crippen LogP contribution is -2.36. The van der Waals surface area contributed by atoms with E-state index in [4.69, 9.17) is 21.6 Å². The first-order valence-corrected chi connectivity index (χ1v) is 11.0. The zero-order valence-electron chi connectivity index (χ0n) is 17.9. The van der Waals surface area contributed by atoms with Crippen LogP contribution in [-0.4, -0.2) is 36.8 Å². The van der Waals surface area contributed by atoms with Gasteiger partial charge < -0.3 is 19.5 Å². The van der Waals surface area contributed by atoms with Gasteiger partial charge >= 0.3 is 0 Å². The van der Waals surface area contributed by atoms with Gasteiger partial charge in [-0.25, -0.2) is 0 Å². The molecule has 4 rings (SSSR count). The minimum Gasteiger partial charge on any atom is -0.378 e. The molecule has 0 radical (unpaired) electrons. The van der Waals surface area contributed by atoms with Gasteiger partial charge in [-0.1, -0.05) is 29.8 Å². The minimum absolute atomic E-state index is 0.0221. The van der Waals surface area contributed by atoms with Gasteiger partial charge in [0.05, 0.1) is 37.1 Å². The van der Waals surface area contributed by atoms with Gasteiger partial charge in [0, 0.05) is 47.3 Å². The Morgan fingerprint density at radius 2 is 1.97 bits per heavy atom. The van der Waals surface area contributed by atoms with Gasteiger partial charge in [0.2, 0.25) is 0 Å². The Bertz CT molecular complexity index is 1290. The van der Waals surface area contributed by atoms with Gasteiger partial charge in [-0.2, -0.15) is 10.5 Å². The Morgan fingerprint density at radius 1 is 1.18 bits per heavy atom. The predicted octanol–water partition coefficient (Wildman–Crippen LogP) is 4.59. The molecule has 2 aromatic carbocycles. The van der Waals surface area contributed by atoms with E-state index in [1.807, 2.05) is 47.2 Å². The molecule has 1 saturated heterocycles. The molecular weight excluding hydrogens is 438 g/mol. The van der Waals surface area contributed by atoms with Crippen molar-refractivity contribution in [3.05, 3.63) is 64.8 Å². The number of morpholine rings is 1. The number of ether oxygens (including phenoxy) is 1. The van der Waals surface area contributed by atoms with Crippen LogP contribution in [0.15, 0.2) is 54.2 Å². The molecular formula is C25H22ClN5O2. The zero-order chi connectivity index (χ0) is 23.2. The third-order valence-electron chi connectivity index (χ3n) is 5.51. The van der Waals surface area contributed by atoms with Crippen molar-refractivity contribution in [2.24, 2.45) is 0 Å². The highest BCUT2D eigenvalue weighted by Crippen LogP contribution is 2.31. The molecule has 1 amide bonds. The average Bonchev–Trinajstić information content (AvgIpc) is 3.19. The van der Waals surface area contributed by atoms with Crippen molar-refractivity contribution in [1.82, 2.24) is 4.57 Å². The summed E-state index contributed by atoms with van der Waals surface area (Å²) in [4.78, 5) is 15.2. The first-order chi connectivity index (χ1) is 16.1. The number of nitrogens with one attached hydrogen (secondary N) is 1. The number of amides is 1. The molecule has 0 saturated carbocycles. The summed E-state index contributed by atoms with van der Waals surface area (Å²) in [7, 11) is 0. The number of nitriles is 2. The molecule has 0 bridgehead atoms. The van der Waals surface area contributed by atoms with E-state index in [1.165, 1.54) is 0 Å². The lowest BCUT2D eigenvalue weighted by Gasteiger charge is -2.30. The quantitative estimate of drug-likeness (QED) is 0.429. The first-order valence-electron chi connectivity index (χ1n) is 10.6. The minimum atomic E-state index is -0.511. The lowest BCUT2D eigenvalue weighted by atomic mass is 10.1. The summed E-state index contributed by atoms with van der Waals surface area (Å²) in [6, 6.07) is 17.2. The SMILES string of the molecule is N#CCCn1cc(/C=C(\C#N)C(=O)Nc2cc(Cl)ccc2N2CCOCC2)c2ccccc21. The highest BCUT2D eigenvalue weighted by atomic mass is 35.5. The van der Waals surface area contributed by atoms with E-state index < -0.39 is 5.91 Å². The van der Waals surface area contributed by atoms with Crippen LogP contribution in [-0.2, 0) is 16.1 Å². The molecule has 1 aliphatic rings. The number of hydrogen-bond donors (Lipinski definition) is 1. The van der Waals surface area contributed by atoms with Gasteiger partial charge in [-0.15, -0.1) is 0 Å². The predicted molar refractivity (Wildman–Crippen MR) is 129 cm³/mol. The van der Waals surface area contributed by atoms with Crippen LogP contribution < -0.4 is 10.2 Å². The van der Waals surface area contributed by atoms with Crippen molar-refractivity contribution in [3.63, 3.8) is 0 Å². The van der Waals surface area contributed by atoms with Crippen LogP contribution in [0.1, 0.15) is 12.0 Å². The Kier molecular flexibility index (Phi) is 6.95. The van der Waals surface area contributed by atoms with Crippen molar-refractivity contribution in [2.75, 3.05) is 36.5 Å². The van der Waals surface area contributed by atoms with Gasteiger partial charge in [-0.3, -0.25) is 4.79 Å². The monoisotopic (exact) mass is 459 g/mol. The molecule has 166 valence electrons. The number of para-hydroxylation sites is 1.